The predicted molar refractivity (Wildman–Crippen MR) is 45.7 cm³/mol. The number of hydrogen-bond donors (Lipinski definition) is 1. The van der Waals surface area contributed by atoms with Gasteiger partial charge in [0.1, 0.15) is 17.2 Å². The molecule has 14 heavy (non-hydrogen) atoms. The molecule has 0 aliphatic carbocycles. The van der Waals surface area contributed by atoms with Gasteiger partial charge in [0.2, 0.25) is 0 Å². The fourth-order valence-corrected chi connectivity index (χ4v) is 1.62. The molecule has 1 aliphatic heterocycles. The molecular formula is C10H10F2O2. The Morgan fingerprint density at radius 2 is 2.14 bits per heavy atom. The maximum absolute atomic E-state index is 13.3. The highest BCUT2D eigenvalue weighted by atomic mass is 19.1. The van der Waals surface area contributed by atoms with Crippen LogP contribution in [0.15, 0.2) is 18.2 Å². The van der Waals surface area contributed by atoms with Gasteiger partial charge in [-0.2, -0.15) is 0 Å². The molecule has 0 radical (unpaired) electrons. The van der Waals surface area contributed by atoms with E-state index in [-0.39, 0.29) is 12.2 Å². The first-order valence-electron chi connectivity index (χ1n) is 4.37. The van der Waals surface area contributed by atoms with Gasteiger partial charge in [-0.25, -0.2) is 8.78 Å². The monoisotopic (exact) mass is 200 g/mol. The third kappa shape index (κ3) is 1.51. The zero-order chi connectivity index (χ0) is 10.2. The molecule has 1 aromatic carbocycles. The van der Waals surface area contributed by atoms with Crippen LogP contribution in [0.3, 0.4) is 0 Å². The van der Waals surface area contributed by atoms with Crippen molar-refractivity contribution in [2.24, 2.45) is 0 Å². The van der Waals surface area contributed by atoms with E-state index in [1.54, 1.807) is 0 Å². The van der Waals surface area contributed by atoms with E-state index < -0.39 is 17.2 Å². The molecule has 2 nitrogen and oxygen atoms in total. The van der Waals surface area contributed by atoms with Crippen LogP contribution in [0, 0.1) is 11.6 Å². The van der Waals surface area contributed by atoms with Crippen LogP contribution in [0.25, 0.3) is 0 Å². The molecule has 1 N–H and O–H groups in total. The number of rotatable bonds is 1. The lowest BCUT2D eigenvalue weighted by molar-refractivity contribution is 0.0199. The third-order valence-electron chi connectivity index (χ3n) is 2.43. The first-order valence-corrected chi connectivity index (χ1v) is 4.37. The average molecular weight is 200 g/mol. The fourth-order valence-electron chi connectivity index (χ4n) is 1.62. The van der Waals surface area contributed by atoms with Gasteiger partial charge in [-0.05, 0) is 18.2 Å². The molecular weight excluding hydrogens is 190 g/mol. The van der Waals surface area contributed by atoms with E-state index in [0.29, 0.717) is 13.0 Å². The SMILES string of the molecule is OC1(c2cc(F)ccc2F)CCOC1. The number of benzene rings is 1. The Balaban J connectivity index is 2.44. The molecule has 1 atom stereocenters. The van der Waals surface area contributed by atoms with Gasteiger partial charge in [0.25, 0.3) is 0 Å². The van der Waals surface area contributed by atoms with E-state index in [2.05, 4.69) is 0 Å². The van der Waals surface area contributed by atoms with Gasteiger partial charge in [0, 0.05) is 18.6 Å². The molecule has 0 saturated carbocycles. The quantitative estimate of drug-likeness (QED) is 0.745. The molecule has 1 heterocycles. The van der Waals surface area contributed by atoms with Crippen molar-refractivity contribution in [2.75, 3.05) is 13.2 Å². The van der Waals surface area contributed by atoms with Crippen molar-refractivity contribution >= 4 is 0 Å². The number of aliphatic hydroxyl groups is 1. The van der Waals surface area contributed by atoms with Crippen LogP contribution in [0.2, 0.25) is 0 Å². The minimum Gasteiger partial charge on any atom is -0.383 e. The van der Waals surface area contributed by atoms with Crippen molar-refractivity contribution in [2.45, 2.75) is 12.0 Å². The largest absolute Gasteiger partial charge is 0.383 e. The molecule has 0 bridgehead atoms. The molecule has 4 heteroatoms. The lowest BCUT2D eigenvalue weighted by atomic mass is 9.93. The second-order valence-electron chi connectivity index (χ2n) is 3.46. The second kappa shape index (κ2) is 3.29. The number of hydrogen-bond acceptors (Lipinski definition) is 2. The highest BCUT2D eigenvalue weighted by Gasteiger charge is 2.36. The van der Waals surface area contributed by atoms with Gasteiger partial charge in [0.15, 0.2) is 0 Å². The van der Waals surface area contributed by atoms with Crippen LogP contribution in [0.1, 0.15) is 12.0 Å². The van der Waals surface area contributed by atoms with Crippen LogP contribution in [-0.2, 0) is 10.3 Å². The lowest BCUT2D eigenvalue weighted by Crippen LogP contribution is -2.27. The van der Waals surface area contributed by atoms with Gasteiger partial charge < -0.3 is 9.84 Å². The van der Waals surface area contributed by atoms with Crippen molar-refractivity contribution in [1.29, 1.82) is 0 Å². The van der Waals surface area contributed by atoms with Crippen molar-refractivity contribution in [3.63, 3.8) is 0 Å². The minimum absolute atomic E-state index is 0.0185. The third-order valence-corrected chi connectivity index (χ3v) is 2.43. The van der Waals surface area contributed by atoms with Gasteiger partial charge in [0.05, 0.1) is 6.61 Å². The van der Waals surface area contributed by atoms with E-state index in [4.69, 9.17) is 4.74 Å². The maximum atomic E-state index is 13.3. The average Bonchev–Trinajstić information content (AvgIpc) is 2.58. The summed E-state index contributed by atoms with van der Waals surface area (Å²) in [6, 6.07) is 3.06. The molecule has 1 aromatic rings. The lowest BCUT2D eigenvalue weighted by Gasteiger charge is -2.21. The highest BCUT2D eigenvalue weighted by molar-refractivity contribution is 5.26. The van der Waals surface area contributed by atoms with Crippen molar-refractivity contribution in [3.05, 3.63) is 35.4 Å². The molecule has 76 valence electrons. The summed E-state index contributed by atoms with van der Waals surface area (Å²) in [5.41, 5.74) is -1.39. The Morgan fingerprint density at radius 3 is 2.79 bits per heavy atom. The van der Waals surface area contributed by atoms with E-state index >= 15 is 0 Å². The molecule has 0 amide bonds. The summed E-state index contributed by atoms with van der Waals surface area (Å²) in [5.74, 6) is -1.15. The summed E-state index contributed by atoms with van der Waals surface area (Å²) >= 11 is 0. The minimum atomic E-state index is -1.37. The Morgan fingerprint density at radius 1 is 1.36 bits per heavy atom. The smallest absolute Gasteiger partial charge is 0.129 e. The van der Waals surface area contributed by atoms with Gasteiger partial charge in [-0.15, -0.1) is 0 Å². The summed E-state index contributed by atoms with van der Waals surface area (Å²) in [6.07, 6.45) is 0.299. The Kier molecular flexibility index (Phi) is 2.25. The molecule has 1 unspecified atom stereocenters. The van der Waals surface area contributed by atoms with Gasteiger partial charge in [-0.3, -0.25) is 0 Å². The van der Waals surface area contributed by atoms with Gasteiger partial charge >= 0.3 is 0 Å². The van der Waals surface area contributed by atoms with E-state index in [9.17, 15) is 13.9 Å². The zero-order valence-corrected chi connectivity index (χ0v) is 7.46. The molecule has 0 spiro atoms. The summed E-state index contributed by atoms with van der Waals surface area (Å²) in [7, 11) is 0. The Labute approximate surface area is 80.1 Å². The standard InChI is InChI=1S/C10H10F2O2/c11-7-1-2-9(12)8(5-7)10(13)3-4-14-6-10/h1-2,5,13H,3-4,6H2. The second-order valence-corrected chi connectivity index (χ2v) is 3.46. The summed E-state index contributed by atoms with van der Waals surface area (Å²) in [6.45, 7) is 0.389. The van der Waals surface area contributed by atoms with Gasteiger partial charge in [-0.1, -0.05) is 0 Å². The van der Waals surface area contributed by atoms with E-state index in [1.165, 1.54) is 0 Å². The van der Waals surface area contributed by atoms with Crippen molar-refractivity contribution in [1.82, 2.24) is 0 Å². The van der Waals surface area contributed by atoms with Crippen molar-refractivity contribution in [3.8, 4) is 0 Å². The van der Waals surface area contributed by atoms with Crippen LogP contribution >= 0.6 is 0 Å². The van der Waals surface area contributed by atoms with Crippen LogP contribution < -0.4 is 0 Å². The predicted octanol–water partition coefficient (Wildman–Crippen LogP) is 1.57. The summed E-state index contributed by atoms with van der Waals surface area (Å²) in [5, 5.41) is 9.94. The number of halogens is 2. The molecule has 1 fully saturated rings. The van der Waals surface area contributed by atoms with Crippen LogP contribution in [0.4, 0.5) is 8.78 Å². The summed E-state index contributed by atoms with van der Waals surface area (Å²) in [4.78, 5) is 0. The number of ether oxygens (including phenoxy) is 1. The fraction of sp³-hybridized carbons (Fsp3) is 0.400. The normalized spacial score (nSPS) is 26.8. The molecule has 2 rings (SSSR count). The topological polar surface area (TPSA) is 29.5 Å². The van der Waals surface area contributed by atoms with E-state index in [0.717, 1.165) is 18.2 Å². The maximum Gasteiger partial charge on any atom is 0.129 e. The Bertz CT molecular complexity index is 346. The highest BCUT2D eigenvalue weighted by Crippen LogP contribution is 2.32. The van der Waals surface area contributed by atoms with E-state index in [1.807, 2.05) is 0 Å². The molecule has 1 saturated heterocycles. The van der Waals surface area contributed by atoms with Crippen molar-refractivity contribution < 1.29 is 18.6 Å². The molecule has 1 aliphatic rings. The summed E-state index contributed by atoms with van der Waals surface area (Å²) < 4.78 is 31.1. The first kappa shape index (κ1) is 9.55. The van der Waals surface area contributed by atoms with Crippen LogP contribution in [0.5, 0.6) is 0 Å². The molecule has 0 aromatic heterocycles. The Hall–Kier alpha value is -1.00. The van der Waals surface area contributed by atoms with Crippen LogP contribution in [-0.4, -0.2) is 18.3 Å². The first-order chi connectivity index (χ1) is 6.62. The zero-order valence-electron chi connectivity index (χ0n) is 7.46.